The van der Waals surface area contributed by atoms with Crippen LogP contribution in [-0.2, 0) is 9.53 Å². The first kappa shape index (κ1) is 14.8. The van der Waals surface area contributed by atoms with Gasteiger partial charge >= 0.3 is 5.97 Å². The van der Waals surface area contributed by atoms with Crippen LogP contribution in [0.3, 0.4) is 0 Å². The SMILES string of the molecule is O=C(COC(=O)c1cc(F)ccc1Cl)NC1CCCC1. The lowest BCUT2D eigenvalue weighted by molar-refractivity contribution is -0.124. The molecule has 1 aromatic rings. The molecule has 0 spiro atoms. The summed E-state index contributed by atoms with van der Waals surface area (Å²) in [5.74, 6) is -1.74. The maximum atomic E-state index is 13.0. The number of benzene rings is 1. The van der Waals surface area contributed by atoms with Crippen LogP contribution < -0.4 is 5.32 Å². The third-order valence-electron chi connectivity index (χ3n) is 3.20. The summed E-state index contributed by atoms with van der Waals surface area (Å²) in [5, 5.41) is 2.88. The van der Waals surface area contributed by atoms with E-state index in [1.165, 1.54) is 6.07 Å². The van der Waals surface area contributed by atoms with Gasteiger partial charge in [-0.3, -0.25) is 4.79 Å². The third-order valence-corrected chi connectivity index (χ3v) is 3.53. The molecule has 1 N–H and O–H groups in total. The van der Waals surface area contributed by atoms with Crippen molar-refractivity contribution in [1.82, 2.24) is 5.32 Å². The van der Waals surface area contributed by atoms with Crippen LogP contribution in [0.1, 0.15) is 36.0 Å². The highest BCUT2D eigenvalue weighted by Crippen LogP contribution is 2.19. The zero-order chi connectivity index (χ0) is 14.5. The van der Waals surface area contributed by atoms with Crippen molar-refractivity contribution in [1.29, 1.82) is 0 Å². The molecule has 6 heteroatoms. The molecule has 1 aromatic carbocycles. The number of halogens is 2. The van der Waals surface area contributed by atoms with Crippen molar-refractivity contribution >= 4 is 23.5 Å². The predicted molar refractivity (Wildman–Crippen MR) is 72.1 cm³/mol. The van der Waals surface area contributed by atoms with E-state index in [4.69, 9.17) is 16.3 Å². The average Bonchev–Trinajstić information content (AvgIpc) is 2.91. The lowest BCUT2D eigenvalue weighted by atomic mass is 10.2. The van der Waals surface area contributed by atoms with E-state index < -0.39 is 11.8 Å². The topological polar surface area (TPSA) is 55.4 Å². The molecule has 20 heavy (non-hydrogen) atoms. The number of hydrogen-bond acceptors (Lipinski definition) is 3. The van der Waals surface area contributed by atoms with Gasteiger partial charge in [-0.2, -0.15) is 0 Å². The Balaban J connectivity index is 1.85. The lowest BCUT2D eigenvalue weighted by Crippen LogP contribution is -2.35. The van der Waals surface area contributed by atoms with Gasteiger partial charge in [-0.25, -0.2) is 9.18 Å². The Morgan fingerprint density at radius 2 is 2.05 bits per heavy atom. The molecule has 0 heterocycles. The summed E-state index contributed by atoms with van der Waals surface area (Å²) in [6, 6.07) is 3.57. The summed E-state index contributed by atoms with van der Waals surface area (Å²) >= 11 is 5.78. The van der Waals surface area contributed by atoms with Crippen molar-refractivity contribution in [2.45, 2.75) is 31.7 Å². The average molecular weight is 300 g/mol. The van der Waals surface area contributed by atoms with Gasteiger partial charge in [-0.05, 0) is 31.0 Å². The van der Waals surface area contributed by atoms with E-state index in [1.54, 1.807) is 0 Å². The van der Waals surface area contributed by atoms with Crippen LogP contribution in [0.4, 0.5) is 4.39 Å². The Labute approximate surface area is 121 Å². The standard InChI is InChI=1S/C14H15ClFNO3/c15-12-6-5-9(16)7-11(12)14(19)20-8-13(18)17-10-3-1-2-4-10/h5-7,10H,1-4,8H2,(H,17,18). The molecule has 0 unspecified atom stereocenters. The third kappa shape index (κ3) is 3.93. The highest BCUT2D eigenvalue weighted by Gasteiger charge is 2.19. The molecule has 1 amide bonds. The number of nitrogens with one attached hydrogen (secondary N) is 1. The smallest absolute Gasteiger partial charge is 0.340 e. The van der Waals surface area contributed by atoms with E-state index in [0.717, 1.165) is 37.8 Å². The summed E-state index contributed by atoms with van der Waals surface area (Å²) in [7, 11) is 0. The van der Waals surface area contributed by atoms with Crippen LogP contribution in [0.2, 0.25) is 5.02 Å². The molecule has 108 valence electrons. The van der Waals surface area contributed by atoms with Gasteiger partial charge in [0.15, 0.2) is 6.61 Å². The molecule has 0 aromatic heterocycles. The molecule has 0 bridgehead atoms. The van der Waals surface area contributed by atoms with Gasteiger partial charge in [0.2, 0.25) is 0 Å². The maximum absolute atomic E-state index is 13.0. The molecule has 4 nitrogen and oxygen atoms in total. The van der Waals surface area contributed by atoms with Crippen LogP contribution >= 0.6 is 11.6 Å². The van der Waals surface area contributed by atoms with Gasteiger partial charge in [0.05, 0.1) is 10.6 Å². The number of carbonyl (C=O) groups is 2. The molecule has 1 aliphatic carbocycles. The second-order valence-corrected chi connectivity index (χ2v) is 5.16. The molecule has 1 aliphatic rings. The Hall–Kier alpha value is -1.62. The van der Waals surface area contributed by atoms with Crippen molar-refractivity contribution in [3.63, 3.8) is 0 Å². The van der Waals surface area contributed by atoms with E-state index in [-0.39, 0.29) is 29.1 Å². The van der Waals surface area contributed by atoms with E-state index in [0.29, 0.717) is 0 Å². The van der Waals surface area contributed by atoms with Crippen LogP contribution in [0.25, 0.3) is 0 Å². The molecule has 0 aliphatic heterocycles. The number of esters is 1. The van der Waals surface area contributed by atoms with Crippen LogP contribution in [0.5, 0.6) is 0 Å². The van der Waals surface area contributed by atoms with E-state index in [1.807, 2.05) is 0 Å². The van der Waals surface area contributed by atoms with E-state index in [9.17, 15) is 14.0 Å². The number of amides is 1. The number of hydrogen-bond donors (Lipinski definition) is 1. The van der Waals surface area contributed by atoms with Gasteiger partial charge in [-0.15, -0.1) is 0 Å². The predicted octanol–water partition coefficient (Wildman–Crippen LogP) is 2.69. The summed E-state index contributed by atoms with van der Waals surface area (Å²) in [5.41, 5.74) is -0.0830. The fourth-order valence-electron chi connectivity index (χ4n) is 2.20. The van der Waals surface area contributed by atoms with Gasteiger partial charge in [0.25, 0.3) is 5.91 Å². The lowest BCUT2D eigenvalue weighted by Gasteiger charge is -2.12. The molecule has 0 saturated heterocycles. The molecule has 1 saturated carbocycles. The number of carbonyl (C=O) groups excluding carboxylic acids is 2. The number of ether oxygens (including phenoxy) is 1. The summed E-state index contributed by atoms with van der Waals surface area (Å²) < 4.78 is 17.9. The first-order valence-electron chi connectivity index (χ1n) is 6.48. The van der Waals surface area contributed by atoms with Gasteiger partial charge in [0.1, 0.15) is 5.82 Å². The minimum Gasteiger partial charge on any atom is -0.452 e. The molecule has 2 rings (SSSR count). The fraction of sp³-hybridized carbons (Fsp3) is 0.429. The quantitative estimate of drug-likeness (QED) is 0.870. The first-order valence-corrected chi connectivity index (χ1v) is 6.85. The minimum atomic E-state index is -0.809. The summed E-state index contributed by atoms with van der Waals surface area (Å²) in [6.45, 7) is -0.387. The van der Waals surface area contributed by atoms with Crippen molar-refractivity contribution < 1.29 is 18.7 Å². The van der Waals surface area contributed by atoms with Gasteiger partial charge < -0.3 is 10.1 Å². The molecule has 0 atom stereocenters. The fourth-order valence-corrected chi connectivity index (χ4v) is 2.40. The number of rotatable bonds is 4. The minimum absolute atomic E-state index is 0.0830. The summed E-state index contributed by atoms with van der Waals surface area (Å²) in [6.07, 6.45) is 4.11. The Morgan fingerprint density at radius 1 is 1.35 bits per heavy atom. The monoisotopic (exact) mass is 299 g/mol. The zero-order valence-corrected chi connectivity index (χ0v) is 11.6. The van der Waals surface area contributed by atoms with Crippen LogP contribution in [-0.4, -0.2) is 24.5 Å². The molecule has 0 radical (unpaired) electrons. The Bertz CT molecular complexity index is 515. The van der Waals surface area contributed by atoms with Gasteiger partial charge in [-0.1, -0.05) is 24.4 Å². The maximum Gasteiger partial charge on any atom is 0.340 e. The van der Waals surface area contributed by atoms with Crippen molar-refractivity contribution in [2.24, 2.45) is 0 Å². The second kappa shape index (κ2) is 6.70. The Kier molecular flexibility index (Phi) is 4.95. The van der Waals surface area contributed by atoms with E-state index in [2.05, 4.69) is 5.32 Å². The zero-order valence-electron chi connectivity index (χ0n) is 10.8. The molecular weight excluding hydrogens is 285 g/mol. The highest BCUT2D eigenvalue weighted by atomic mass is 35.5. The van der Waals surface area contributed by atoms with Crippen molar-refractivity contribution in [3.8, 4) is 0 Å². The Morgan fingerprint density at radius 3 is 2.75 bits per heavy atom. The largest absolute Gasteiger partial charge is 0.452 e. The van der Waals surface area contributed by atoms with Crippen molar-refractivity contribution in [2.75, 3.05) is 6.61 Å². The normalized spacial score (nSPS) is 15.1. The van der Waals surface area contributed by atoms with Gasteiger partial charge in [0, 0.05) is 6.04 Å². The molecule has 1 fully saturated rings. The van der Waals surface area contributed by atoms with E-state index >= 15 is 0 Å². The molecular formula is C14H15ClFNO3. The summed E-state index contributed by atoms with van der Waals surface area (Å²) in [4.78, 5) is 23.3. The highest BCUT2D eigenvalue weighted by molar-refractivity contribution is 6.33. The van der Waals surface area contributed by atoms with Crippen molar-refractivity contribution in [3.05, 3.63) is 34.6 Å². The second-order valence-electron chi connectivity index (χ2n) is 4.75. The first-order chi connectivity index (χ1) is 9.56. The van der Waals surface area contributed by atoms with Crippen LogP contribution in [0, 0.1) is 5.82 Å². The van der Waals surface area contributed by atoms with Crippen LogP contribution in [0.15, 0.2) is 18.2 Å².